The third-order valence-corrected chi connectivity index (χ3v) is 7.02. The SMILES string of the molecule is O=C(Cc1ccc(-c2ccc(NS(=O)(=O)c3ccc(Br)cc3)cc2)cn1)NCc1ccccc1. The third-order valence-electron chi connectivity index (χ3n) is 5.09. The fourth-order valence-corrected chi connectivity index (χ4v) is 4.60. The van der Waals surface area contributed by atoms with E-state index in [9.17, 15) is 13.2 Å². The molecule has 0 saturated heterocycles. The Bertz CT molecular complexity index is 1360. The van der Waals surface area contributed by atoms with E-state index in [1.54, 1.807) is 30.5 Å². The molecule has 1 aromatic heterocycles. The second-order valence-corrected chi connectivity index (χ2v) is 10.2. The lowest BCUT2D eigenvalue weighted by Gasteiger charge is -2.09. The molecule has 0 spiro atoms. The zero-order chi connectivity index (χ0) is 24.0. The lowest BCUT2D eigenvalue weighted by atomic mass is 10.1. The highest BCUT2D eigenvalue weighted by Gasteiger charge is 2.14. The Morgan fingerprint density at radius 2 is 1.50 bits per heavy atom. The van der Waals surface area contributed by atoms with Crippen LogP contribution in [-0.2, 0) is 27.8 Å². The molecule has 3 aromatic carbocycles. The van der Waals surface area contributed by atoms with Crippen molar-refractivity contribution < 1.29 is 13.2 Å². The quantitative estimate of drug-likeness (QED) is 0.325. The number of halogens is 1. The van der Waals surface area contributed by atoms with E-state index in [2.05, 4.69) is 31.0 Å². The zero-order valence-corrected chi connectivity index (χ0v) is 20.5. The number of aromatic nitrogens is 1. The van der Waals surface area contributed by atoms with Crippen LogP contribution in [-0.4, -0.2) is 19.3 Å². The molecule has 0 aliphatic rings. The average Bonchev–Trinajstić information content (AvgIpc) is 2.84. The number of nitrogens with zero attached hydrogens (tertiary/aromatic N) is 1. The summed E-state index contributed by atoms with van der Waals surface area (Å²) in [5.41, 5.74) is 3.94. The summed E-state index contributed by atoms with van der Waals surface area (Å²) in [6.07, 6.45) is 1.91. The highest BCUT2D eigenvalue weighted by Crippen LogP contribution is 2.23. The Hall–Kier alpha value is -3.49. The number of amides is 1. The van der Waals surface area contributed by atoms with Crippen LogP contribution in [0.2, 0.25) is 0 Å². The lowest BCUT2D eigenvalue weighted by molar-refractivity contribution is -0.120. The van der Waals surface area contributed by atoms with E-state index in [1.165, 1.54) is 12.1 Å². The van der Waals surface area contributed by atoms with Crippen LogP contribution in [0.5, 0.6) is 0 Å². The predicted molar refractivity (Wildman–Crippen MR) is 137 cm³/mol. The van der Waals surface area contributed by atoms with Crippen molar-refractivity contribution in [3.63, 3.8) is 0 Å². The van der Waals surface area contributed by atoms with Crippen LogP contribution in [0, 0.1) is 0 Å². The van der Waals surface area contributed by atoms with Crippen molar-refractivity contribution in [2.24, 2.45) is 0 Å². The molecule has 4 aromatic rings. The van der Waals surface area contributed by atoms with E-state index in [-0.39, 0.29) is 17.2 Å². The summed E-state index contributed by atoms with van der Waals surface area (Å²) < 4.78 is 28.5. The maximum absolute atomic E-state index is 12.6. The molecular formula is C26H22BrN3O3S. The van der Waals surface area contributed by atoms with Gasteiger partial charge in [-0.05, 0) is 53.6 Å². The maximum Gasteiger partial charge on any atom is 0.261 e. The van der Waals surface area contributed by atoms with Gasteiger partial charge in [0.05, 0.1) is 11.3 Å². The lowest BCUT2D eigenvalue weighted by Crippen LogP contribution is -2.24. The molecule has 0 saturated carbocycles. The summed E-state index contributed by atoms with van der Waals surface area (Å²) in [7, 11) is -3.67. The largest absolute Gasteiger partial charge is 0.352 e. The maximum atomic E-state index is 12.6. The summed E-state index contributed by atoms with van der Waals surface area (Å²) >= 11 is 3.30. The van der Waals surface area contributed by atoms with Crippen molar-refractivity contribution in [3.05, 3.63) is 113 Å². The smallest absolute Gasteiger partial charge is 0.261 e. The van der Waals surface area contributed by atoms with Gasteiger partial charge in [0.15, 0.2) is 0 Å². The van der Waals surface area contributed by atoms with Crippen molar-refractivity contribution in [2.75, 3.05) is 4.72 Å². The van der Waals surface area contributed by atoms with Gasteiger partial charge in [-0.1, -0.05) is 64.5 Å². The van der Waals surface area contributed by atoms with Crippen LogP contribution < -0.4 is 10.0 Å². The zero-order valence-electron chi connectivity index (χ0n) is 18.1. The Balaban J connectivity index is 1.35. The van der Waals surface area contributed by atoms with E-state index in [0.717, 1.165) is 21.2 Å². The molecule has 0 aliphatic carbocycles. The third kappa shape index (κ3) is 6.30. The number of sulfonamides is 1. The molecule has 4 rings (SSSR count). The number of anilines is 1. The first-order chi connectivity index (χ1) is 16.4. The highest BCUT2D eigenvalue weighted by atomic mass is 79.9. The van der Waals surface area contributed by atoms with E-state index >= 15 is 0 Å². The summed E-state index contributed by atoms with van der Waals surface area (Å²) in [5.74, 6) is -0.0912. The van der Waals surface area contributed by atoms with Gasteiger partial charge in [0.25, 0.3) is 10.0 Å². The van der Waals surface area contributed by atoms with Crippen molar-refractivity contribution >= 4 is 37.5 Å². The van der Waals surface area contributed by atoms with Gasteiger partial charge in [-0.2, -0.15) is 0 Å². The summed E-state index contributed by atoms with van der Waals surface area (Å²) in [4.78, 5) is 16.8. The topological polar surface area (TPSA) is 88.2 Å². The average molecular weight is 536 g/mol. The van der Waals surface area contributed by atoms with Crippen LogP contribution in [0.4, 0.5) is 5.69 Å². The van der Waals surface area contributed by atoms with Crippen LogP contribution in [0.15, 0.2) is 107 Å². The van der Waals surface area contributed by atoms with Gasteiger partial charge >= 0.3 is 0 Å². The number of nitrogens with one attached hydrogen (secondary N) is 2. The Morgan fingerprint density at radius 1 is 0.824 bits per heavy atom. The van der Waals surface area contributed by atoms with E-state index in [1.807, 2.05) is 54.6 Å². The first-order valence-corrected chi connectivity index (χ1v) is 12.8. The first-order valence-electron chi connectivity index (χ1n) is 10.5. The molecule has 8 heteroatoms. The van der Waals surface area contributed by atoms with Crippen molar-refractivity contribution in [1.82, 2.24) is 10.3 Å². The number of hydrogen-bond donors (Lipinski definition) is 2. The summed E-state index contributed by atoms with van der Waals surface area (Å²) in [6.45, 7) is 0.482. The monoisotopic (exact) mass is 535 g/mol. The molecular weight excluding hydrogens is 514 g/mol. The number of carbonyl (C=O) groups excluding carboxylic acids is 1. The number of benzene rings is 3. The van der Waals surface area contributed by atoms with Gasteiger partial charge in [0.2, 0.25) is 5.91 Å². The number of carbonyl (C=O) groups is 1. The van der Waals surface area contributed by atoms with Crippen LogP contribution in [0.25, 0.3) is 11.1 Å². The molecule has 0 fully saturated rings. The summed E-state index contributed by atoms with van der Waals surface area (Å²) in [5, 5.41) is 2.90. The van der Waals surface area contributed by atoms with Crippen molar-refractivity contribution in [2.45, 2.75) is 17.9 Å². The Kier molecular flexibility index (Phi) is 7.40. The van der Waals surface area contributed by atoms with Gasteiger partial charge in [0, 0.05) is 34.2 Å². The van der Waals surface area contributed by atoms with E-state index in [4.69, 9.17) is 0 Å². The molecule has 1 heterocycles. The highest BCUT2D eigenvalue weighted by molar-refractivity contribution is 9.10. The van der Waals surface area contributed by atoms with E-state index < -0.39 is 10.0 Å². The fourth-order valence-electron chi connectivity index (χ4n) is 3.28. The Morgan fingerprint density at radius 3 is 2.15 bits per heavy atom. The standard InChI is InChI=1S/C26H22BrN3O3S/c27-22-9-14-25(15-10-22)34(32,33)30-23-11-6-20(7-12-23)21-8-13-24(28-18-21)16-26(31)29-17-19-4-2-1-3-5-19/h1-15,18,30H,16-17H2,(H,29,31). The normalized spacial score (nSPS) is 11.1. The number of hydrogen-bond acceptors (Lipinski definition) is 4. The molecule has 1 amide bonds. The molecule has 34 heavy (non-hydrogen) atoms. The fraction of sp³-hybridized carbons (Fsp3) is 0.0769. The second kappa shape index (κ2) is 10.6. The van der Waals surface area contributed by atoms with Gasteiger partial charge in [0.1, 0.15) is 0 Å². The van der Waals surface area contributed by atoms with E-state index in [0.29, 0.717) is 17.9 Å². The minimum atomic E-state index is -3.67. The van der Waals surface area contributed by atoms with Gasteiger partial charge in [-0.15, -0.1) is 0 Å². The minimum absolute atomic E-state index is 0.0912. The molecule has 0 aliphatic heterocycles. The van der Waals surface area contributed by atoms with Crippen LogP contribution in [0.3, 0.4) is 0 Å². The predicted octanol–water partition coefficient (Wildman–Crippen LogP) is 5.17. The molecule has 0 bridgehead atoms. The van der Waals surface area contributed by atoms with Crippen LogP contribution in [0.1, 0.15) is 11.3 Å². The molecule has 0 atom stereocenters. The van der Waals surface area contributed by atoms with Gasteiger partial charge in [-0.3, -0.25) is 14.5 Å². The summed E-state index contributed by atoms with van der Waals surface area (Å²) in [6, 6.07) is 26.9. The molecule has 0 unspecified atom stereocenters. The molecule has 172 valence electrons. The van der Waals surface area contributed by atoms with Crippen LogP contribution >= 0.6 is 15.9 Å². The second-order valence-electron chi connectivity index (χ2n) is 7.61. The van der Waals surface area contributed by atoms with Gasteiger partial charge in [-0.25, -0.2) is 8.42 Å². The van der Waals surface area contributed by atoms with Crippen molar-refractivity contribution in [3.8, 4) is 11.1 Å². The minimum Gasteiger partial charge on any atom is -0.352 e. The molecule has 6 nitrogen and oxygen atoms in total. The Labute approximate surface area is 207 Å². The molecule has 0 radical (unpaired) electrons. The molecule has 2 N–H and O–H groups in total. The van der Waals surface area contributed by atoms with Gasteiger partial charge < -0.3 is 5.32 Å². The van der Waals surface area contributed by atoms with Crippen molar-refractivity contribution in [1.29, 1.82) is 0 Å². The number of rotatable bonds is 8. The number of pyridine rings is 1. The first kappa shape index (κ1) is 23.7.